The third-order valence-corrected chi connectivity index (χ3v) is 2.78. The van der Waals surface area contributed by atoms with Crippen LogP contribution >= 0.6 is 0 Å². The lowest BCUT2D eigenvalue weighted by atomic mass is 10.1. The molecule has 0 bridgehead atoms. The zero-order valence-electron chi connectivity index (χ0n) is 9.76. The summed E-state index contributed by atoms with van der Waals surface area (Å²) in [6.45, 7) is 0. The van der Waals surface area contributed by atoms with Crippen molar-refractivity contribution in [1.29, 1.82) is 0 Å². The number of aromatic nitrogens is 2. The minimum atomic E-state index is -1.31. The SMILES string of the molecule is C#C/C=C/[C@H]1OC(n2ccc(=O)[nH]c2=O)[C@H](O)[C@@H]1O. The van der Waals surface area contributed by atoms with E-state index in [1.807, 2.05) is 4.98 Å². The predicted molar refractivity (Wildman–Crippen MR) is 65.2 cm³/mol. The first kappa shape index (κ1) is 13.3. The lowest BCUT2D eigenvalue weighted by molar-refractivity contribution is -0.0297. The van der Waals surface area contributed by atoms with Gasteiger partial charge in [0.1, 0.15) is 18.3 Å². The average molecular weight is 264 g/mol. The number of ether oxygens (including phenoxy) is 1. The predicted octanol–water partition coefficient (Wildman–Crippen LogP) is -1.65. The lowest BCUT2D eigenvalue weighted by Gasteiger charge is -2.16. The van der Waals surface area contributed by atoms with E-state index < -0.39 is 35.8 Å². The normalized spacial score (nSPS) is 30.6. The molecule has 100 valence electrons. The highest BCUT2D eigenvalue weighted by Crippen LogP contribution is 2.28. The molecule has 4 atom stereocenters. The van der Waals surface area contributed by atoms with Crippen molar-refractivity contribution in [3.63, 3.8) is 0 Å². The molecule has 2 heterocycles. The highest BCUT2D eigenvalue weighted by Gasteiger charge is 2.42. The number of allylic oxidation sites excluding steroid dienone is 1. The molecule has 1 aliphatic heterocycles. The summed E-state index contributed by atoms with van der Waals surface area (Å²) in [6, 6.07) is 1.12. The molecule has 0 spiro atoms. The molecule has 3 N–H and O–H groups in total. The Morgan fingerprint density at radius 1 is 1.42 bits per heavy atom. The number of aliphatic hydroxyl groups is 2. The zero-order chi connectivity index (χ0) is 14.0. The van der Waals surface area contributed by atoms with Crippen LogP contribution in [0, 0.1) is 12.3 Å². The molecule has 1 aliphatic rings. The van der Waals surface area contributed by atoms with Crippen LogP contribution in [0.4, 0.5) is 0 Å². The standard InChI is InChI=1S/C12H12N2O5/c1-2-3-4-7-9(16)10(17)11(19-7)14-6-5-8(15)13-12(14)18/h1,3-7,9-11,16-17H,(H,13,15,18)/b4-3+/t7-,9-,10-,11?/m1/s1. The van der Waals surface area contributed by atoms with Crippen molar-refractivity contribution in [2.75, 3.05) is 0 Å². The van der Waals surface area contributed by atoms with Gasteiger partial charge in [0, 0.05) is 12.3 Å². The molecule has 0 radical (unpaired) electrons. The van der Waals surface area contributed by atoms with E-state index in [2.05, 4.69) is 5.92 Å². The maximum atomic E-state index is 11.6. The van der Waals surface area contributed by atoms with Crippen molar-refractivity contribution in [3.05, 3.63) is 45.3 Å². The molecule has 7 nitrogen and oxygen atoms in total. The Balaban J connectivity index is 2.32. The van der Waals surface area contributed by atoms with Crippen LogP contribution in [-0.2, 0) is 4.74 Å². The number of hydrogen-bond donors (Lipinski definition) is 3. The van der Waals surface area contributed by atoms with Gasteiger partial charge in [0.15, 0.2) is 6.23 Å². The highest BCUT2D eigenvalue weighted by molar-refractivity contribution is 5.13. The van der Waals surface area contributed by atoms with E-state index in [1.165, 1.54) is 18.3 Å². The van der Waals surface area contributed by atoms with E-state index in [9.17, 15) is 19.8 Å². The summed E-state index contributed by atoms with van der Waals surface area (Å²) in [6.07, 6.45) is 4.53. The Morgan fingerprint density at radius 3 is 2.79 bits per heavy atom. The molecular weight excluding hydrogens is 252 g/mol. The van der Waals surface area contributed by atoms with Crippen LogP contribution < -0.4 is 11.2 Å². The van der Waals surface area contributed by atoms with E-state index in [0.717, 1.165) is 10.6 Å². The quantitative estimate of drug-likeness (QED) is 0.555. The largest absolute Gasteiger partial charge is 0.387 e. The molecule has 1 aromatic rings. The van der Waals surface area contributed by atoms with E-state index in [4.69, 9.17) is 11.2 Å². The van der Waals surface area contributed by atoms with Gasteiger partial charge in [-0.1, -0.05) is 5.92 Å². The summed E-state index contributed by atoms with van der Waals surface area (Å²) in [7, 11) is 0. The van der Waals surface area contributed by atoms with E-state index in [1.54, 1.807) is 0 Å². The van der Waals surface area contributed by atoms with Gasteiger partial charge in [0.2, 0.25) is 0 Å². The first-order chi connectivity index (χ1) is 9.04. The summed E-state index contributed by atoms with van der Waals surface area (Å²) in [5.41, 5.74) is -1.29. The van der Waals surface area contributed by atoms with Crippen LogP contribution in [-0.4, -0.2) is 38.1 Å². The number of H-pyrrole nitrogens is 1. The van der Waals surface area contributed by atoms with Crippen LogP contribution in [0.3, 0.4) is 0 Å². The topological polar surface area (TPSA) is 105 Å². The Hall–Kier alpha value is -2.14. The fourth-order valence-corrected chi connectivity index (χ4v) is 1.85. The summed E-state index contributed by atoms with van der Waals surface area (Å²) in [4.78, 5) is 24.6. The Labute approximate surface area is 107 Å². The number of terminal acetylenes is 1. The first-order valence-electron chi connectivity index (χ1n) is 5.50. The first-order valence-corrected chi connectivity index (χ1v) is 5.50. The molecule has 2 rings (SSSR count). The summed E-state index contributed by atoms with van der Waals surface area (Å²) < 4.78 is 6.35. The van der Waals surface area contributed by atoms with Gasteiger partial charge < -0.3 is 14.9 Å². The Morgan fingerprint density at radius 2 is 2.16 bits per heavy atom. The molecule has 19 heavy (non-hydrogen) atoms. The van der Waals surface area contributed by atoms with Crippen molar-refractivity contribution >= 4 is 0 Å². The molecule has 1 unspecified atom stereocenters. The minimum absolute atomic E-state index is 0.557. The second kappa shape index (κ2) is 5.24. The molecule has 1 saturated heterocycles. The summed E-state index contributed by atoms with van der Waals surface area (Å²) in [5, 5.41) is 19.6. The van der Waals surface area contributed by atoms with Gasteiger partial charge in [-0.05, 0) is 12.2 Å². The van der Waals surface area contributed by atoms with Crippen molar-refractivity contribution in [2.24, 2.45) is 0 Å². The second-order valence-electron chi connectivity index (χ2n) is 4.02. The van der Waals surface area contributed by atoms with E-state index >= 15 is 0 Å². The number of hydrogen-bond acceptors (Lipinski definition) is 5. The summed E-state index contributed by atoms with van der Waals surface area (Å²) in [5.74, 6) is 2.23. The van der Waals surface area contributed by atoms with Gasteiger partial charge in [-0.3, -0.25) is 14.3 Å². The molecule has 0 amide bonds. The maximum Gasteiger partial charge on any atom is 0.330 e. The van der Waals surface area contributed by atoms with Crippen LogP contribution in [0.2, 0.25) is 0 Å². The monoisotopic (exact) mass is 264 g/mol. The third-order valence-electron chi connectivity index (χ3n) is 2.78. The molecule has 1 aromatic heterocycles. The van der Waals surface area contributed by atoms with Crippen LogP contribution in [0.5, 0.6) is 0 Å². The number of rotatable bonds is 2. The molecule has 1 fully saturated rings. The number of aromatic amines is 1. The Bertz CT molecular complexity index is 639. The molecule has 0 saturated carbocycles. The van der Waals surface area contributed by atoms with Crippen molar-refractivity contribution in [1.82, 2.24) is 9.55 Å². The molecular formula is C12H12N2O5. The van der Waals surface area contributed by atoms with Gasteiger partial charge in [-0.15, -0.1) is 6.42 Å². The van der Waals surface area contributed by atoms with Crippen molar-refractivity contribution < 1.29 is 14.9 Å². The minimum Gasteiger partial charge on any atom is -0.387 e. The Kier molecular flexibility index (Phi) is 3.66. The lowest BCUT2D eigenvalue weighted by Crippen LogP contribution is -2.37. The van der Waals surface area contributed by atoms with Gasteiger partial charge in [-0.25, -0.2) is 4.79 Å². The zero-order valence-corrected chi connectivity index (χ0v) is 9.76. The van der Waals surface area contributed by atoms with Crippen LogP contribution in [0.15, 0.2) is 34.0 Å². The molecule has 0 aromatic carbocycles. The molecule has 0 aliphatic carbocycles. The maximum absolute atomic E-state index is 11.6. The smallest absolute Gasteiger partial charge is 0.330 e. The van der Waals surface area contributed by atoms with Gasteiger partial charge >= 0.3 is 5.69 Å². The number of nitrogens with zero attached hydrogens (tertiary/aromatic N) is 1. The summed E-state index contributed by atoms with van der Waals surface area (Å²) >= 11 is 0. The van der Waals surface area contributed by atoms with E-state index in [-0.39, 0.29) is 0 Å². The van der Waals surface area contributed by atoms with Crippen molar-refractivity contribution in [2.45, 2.75) is 24.5 Å². The van der Waals surface area contributed by atoms with Crippen LogP contribution in [0.1, 0.15) is 6.23 Å². The van der Waals surface area contributed by atoms with Crippen LogP contribution in [0.25, 0.3) is 0 Å². The molecule has 7 heteroatoms. The van der Waals surface area contributed by atoms with Crippen molar-refractivity contribution in [3.8, 4) is 12.3 Å². The fourth-order valence-electron chi connectivity index (χ4n) is 1.85. The fraction of sp³-hybridized carbons (Fsp3) is 0.333. The number of nitrogens with one attached hydrogen (secondary N) is 1. The highest BCUT2D eigenvalue weighted by atomic mass is 16.6. The van der Waals surface area contributed by atoms with Gasteiger partial charge in [0.25, 0.3) is 5.56 Å². The number of aliphatic hydroxyl groups excluding tert-OH is 2. The third kappa shape index (κ3) is 2.51. The average Bonchev–Trinajstić information content (AvgIpc) is 2.64. The van der Waals surface area contributed by atoms with Gasteiger partial charge in [0.05, 0.1) is 0 Å². The second-order valence-corrected chi connectivity index (χ2v) is 4.02. The van der Waals surface area contributed by atoms with E-state index in [0.29, 0.717) is 0 Å². The van der Waals surface area contributed by atoms with Gasteiger partial charge in [-0.2, -0.15) is 0 Å².